The van der Waals surface area contributed by atoms with Crippen LogP contribution in [0.15, 0.2) is 66.4 Å². The largest absolute Gasteiger partial charge is 0.361 e. The first-order valence-corrected chi connectivity index (χ1v) is 11.9. The number of allylic oxidation sites excluding steroid dienone is 2. The molecule has 8 nitrogen and oxygen atoms in total. The third-order valence-electron chi connectivity index (χ3n) is 6.81. The van der Waals surface area contributed by atoms with Gasteiger partial charge in [0.15, 0.2) is 11.6 Å². The molecular weight excluding hydrogens is 458 g/mol. The molecule has 2 heterocycles. The first kappa shape index (κ1) is 23.4. The molecule has 8 heteroatoms. The number of fused-ring (bicyclic) bond motifs is 1. The van der Waals surface area contributed by atoms with Crippen LogP contribution in [0.1, 0.15) is 47.2 Å². The number of imide groups is 1. The maximum absolute atomic E-state index is 13.0. The molecule has 0 bridgehead atoms. The summed E-state index contributed by atoms with van der Waals surface area (Å²) in [5, 5.41) is 5.35. The van der Waals surface area contributed by atoms with Crippen LogP contribution in [-0.2, 0) is 25.7 Å². The number of Topliss-reactive ketones (excluding diaryl/α,β-unsaturated/α-hetero) is 2. The number of nitrogens with one attached hydrogen (secondary N) is 2. The van der Waals surface area contributed by atoms with E-state index >= 15 is 0 Å². The van der Waals surface area contributed by atoms with Crippen LogP contribution in [0.5, 0.6) is 0 Å². The molecule has 1 saturated carbocycles. The zero-order valence-corrected chi connectivity index (χ0v) is 19.5. The monoisotopic (exact) mass is 483 g/mol. The van der Waals surface area contributed by atoms with Crippen molar-refractivity contribution in [3.8, 4) is 0 Å². The van der Waals surface area contributed by atoms with Crippen molar-refractivity contribution < 1.29 is 24.0 Å². The quantitative estimate of drug-likeness (QED) is 0.384. The molecule has 0 spiro atoms. The molecule has 5 rings (SSSR count). The van der Waals surface area contributed by atoms with Gasteiger partial charge in [-0.1, -0.05) is 48.6 Å². The van der Waals surface area contributed by atoms with Crippen molar-refractivity contribution in [3.05, 3.63) is 83.1 Å². The number of hydrogen-bond acceptors (Lipinski definition) is 6. The highest BCUT2D eigenvalue weighted by Crippen LogP contribution is 2.33. The van der Waals surface area contributed by atoms with E-state index in [1.807, 2.05) is 42.5 Å². The van der Waals surface area contributed by atoms with E-state index in [0.717, 1.165) is 5.56 Å². The fourth-order valence-electron chi connectivity index (χ4n) is 4.90. The minimum Gasteiger partial charge on any atom is -0.361 e. The van der Waals surface area contributed by atoms with Gasteiger partial charge in [-0.05, 0) is 30.0 Å². The normalized spacial score (nSPS) is 22.2. The number of hydrogen-bond donors (Lipinski definition) is 2. The predicted octanol–water partition coefficient (Wildman–Crippen LogP) is 3.01. The third-order valence-corrected chi connectivity index (χ3v) is 6.81. The highest BCUT2D eigenvalue weighted by atomic mass is 16.2. The van der Waals surface area contributed by atoms with Crippen LogP contribution < -0.4 is 10.6 Å². The number of carbonyl (C=O) groups is 5. The van der Waals surface area contributed by atoms with Crippen molar-refractivity contribution in [2.45, 2.75) is 38.3 Å². The molecule has 1 aliphatic carbocycles. The highest BCUT2D eigenvalue weighted by Gasteiger charge is 2.40. The van der Waals surface area contributed by atoms with Crippen molar-refractivity contribution in [1.82, 2.24) is 10.2 Å². The summed E-state index contributed by atoms with van der Waals surface area (Å²) < 4.78 is 0. The van der Waals surface area contributed by atoms with Gasteiger partial charge in [-0.15, -0.1) is 0 Å². The second kappa shape index (κ2) is 9.73. The Balaban J connectivity index is 1.29. The Morgan fingerprint density at radius 1 is 0.917 bits per heavy atom. The van der Waals surface area contributed by atoms with Gasteiger partial charge in [-0.2, -0.15) is 0 Å². The van der Waals surface area contributed by atoms with Crippen molar-refractivity contribution in [2.24, 2.45) is 5.92 Å². The number of amides is 3. The lowest BCUT2D eigenvalue weighted by atomic mass is 9.83. The zero-order chi connectivity index (χ0) is 25.2. The molecule has 2 N–H and O–H groups in total. The van der Waals surface area contributed by atoms with Crippen molar-refractivity contribution >= 4 is 41.1 Å². The molecule has 0 radical (unpaired) electrons. The summed E-state index contributed by atoms with van der Waals surface area (Å²) in [5.41, 5.74) is 2.86. The minimum atomic E-state index is -0.712. The van der Waals surface area contributed by atoms with Crippen LogP contribution in [0.25, 0.3) is 6.08 Å². The average Bonchev–Trinajstić information content (AvgIpc) is 3.20. The Hall–Kier alpha value is -4.33. The smallest absolute Gasteiger partial charge is 0.255 e. The standard InChI is InChI=1S/C28H25N3O5/c32-24-13-18(10-9-17-5-2-1-3-6-17)14-25(33)20(24)15-29-22-8-4-7-19-21(22)16-31(28(19)36)23-11-12-26(34)30-27(23)35/h1-10,15,18,23,29H,11-14,16H2,(H,30,34,35)/b10-9+,20-15?. The summed E-state index contributed by atoms with van der Waals surface area (Å²) in [7, 11) is 0. The number of rotatable bonds is 5. The number of benzene rings is 2. The summed E-state index contributed by atoms with van der Waals surface area (Å²) in [6.45, 7) is 0.195. The van der Waals surface area contributed by atoms with Crippen molar-refractivity contribution in [2.75, 3.05) is 5.32 Å². The molecule has 2 fully saturated rings. The van der Waals surface area contributed by atoms with Gasteiger partial charge in [-0.25, -0.2) is 0 Å². The summed E-state index contributed by atoms with van der Waals surface area (Å²) in [5.74, 6) is -1.70. The van der Waals surface area contributed by atoms with Gasteiger partial charge in [0.05, 0.1) is 5.57 Å². The predicted molar refractivity (Wildman–Crippen MR) is 132 cm³/mol. The molecule has 2 aliphatic heterocycles. The maximum Gasteiger partial charge on any atom is 0.255 e. The van der Waals surface area contributed by atoms with Gasteiger partial charge in [0, 0.05) is 48.8 Å². The minimum absolute atomic E-state index is 0.114. The molecule has 1 unspecified atom stereocenters. The second-order valence-electron chi connectivity index (χ2n) is 9.22. The lowest BCUT2D eigenvalue weighted by Gasteiger charge is -2.29. The lowest BCUT2D eigenvalue weighted by molar-refractivity contribution is -0.137. The van der Waals surface area contributed by atoms with Crippen LogP contribution in [0, 0.1) is 5.92 Å². The molecule has 1 saturated heterocycles. The Bertz CT molecular complexity index is 1310. The number of nitrogens with zero attached hydrogens (tertiary/aromatic N) is 1. The average molecular weight is 484 g/mol. The molecule has 3 amide bonds. The summed E-state index contributed by atoms with van der Waals surface area (Å²) in [6.07, 6.45) is 6.22. The molecule has 36 heavy (non-hydrogen) atoms. The first-order valence-electron chi connectivity index (χ1n) is 11.9. The zero-order valence-electron chi connectivity index (χ0n) is 19.5. The van der Waals surface area contributed by atoms with Crippen LogP contribution in [0.2, 0.25) is 0 Å². The van der Waals surface area contributed by atoms with E-state index in [0.29, 0.717) is 16.8 Å². The summed E-state index contributed by atoms with van der Waals surface area (Å²) >= 11 is 0. The van der Waals surface area contributed by atoms with Gasteiger partial charge in [-0.3, -0.25) is 29.3 Å². The lowest BCUT2D eigenvalue weighted by Crippen LogP contribution is -2.52. The number of piperidine rings is 1. The topological polar surface area (TPSA) is 113 Å². The number of carbonyl (C=O) groups excluding carboxylic acids is 5. The Morgan fingerprint density at radius 2 is 1.67 bits per heavy atom. The molecule has 1 atom stereocenters. The van der Waals surface area contributed by atoms with E-state index in [1.54, 1.807) is 18.2 Å². The highest BCUT2D eigenvalue weighted by molar-refractivity contribution is 6.22. The van der Waals surface area contributed by atoms with Crippen LogP contribution in [0.3, 0.4) is 0 Å². The summed E-state index contributed by atoms with van der Waals surface area (Å²) in [4.78, 5) is 63.8. The van der Waals surface area contributed by atoms with Crippen LogP contribution >= 0.6 is 0 Å². The van der Waals surface area contributed by atoms with E-state index in [-0.39, 0.29) is 67.1 Å². The fourth-order valence-corrected chi connectivity index (χ4v) is 4.90. The van der Waals surface area contributed by atoms with E-state index < -0.39 is 11.9 Å². The Morgan fingerprint density at radius 3 is 2.39 bits per heavy atom. The SMILES string of the molecule is O=C1CCC(N2Cc3c(NC=C4C(=O)CC(/C=C/c5ccccc5)CC4=O)cccc3C2=O)C(=O)N1. The van der Waals surface area contributed by atoms with Crippen LogP contribution in [0.4, 0.5) is 5.69 Å². The maximum atomic E-state index is 13.0. The number of anilines is 1. The van der Waals surface area contributed by atoms with E-state index in [2.05, 4.69) is 10.6 Å². The summed E-state index contributed by atoms with van der Waals surface area (Å²) in [6, 6.07) is 14.2. The Kier molecular flexibility index (Phi) is 6.33. The van der Waals surface area contributed by atoms with E-state index in [1.165, 1.54) is 11.1 Å². The van der Waals surface area contributed by atoms with Crippen LogP contribution in [-0.4, -0.2) is 40.2 Å². The molecule has 2 aromatic carbocycles. The molecule has 182 valence electrons. The van der Waals surface area contributed by atoms with Gasteiger partial charge in [0.1, 0.15) is 6.04 Å². The number of ketones is 2. The van der Waals surface area contributed by atoms with Gasteiger partial charge in [0.25, 0.3) is 5.91 Å². The third kappa shape index (κ3) is 4.62. The molecule has 2 aromatic rings. The van der Waals surface area contributed by atoms with Crippen molar-refractivity contribution in [3.63, 3.8) is 0 Å². The first-order chi connectivity index (χ1) is 17.4. The van der Waals surface area contributed by atoms with Gasteiger partial charge in [0.2, 0.25) is 11.8 Å². The van der Waals surface area contributed by atoms with E-state index in [9.17, 15) is 24.0 Å². The van der Waals surface area contributed by atoms with Gasteiger partial charge >= 0.3 is 0 Å². The van der Waals surface area contributed by atoms with E-state index in [4.69, 9.17) is 0 Å². The molecule has 3 aliphatic rings. The second-order valence-corrected chi connectivity index (χ2v) is 9.22. The van der Waals surface area contributed by atoms with Gasteiger partial charge < -0.3 is 10.2 Å². The fraction of sp³-hybridized carbons (Fsp3) is 0.250. The molecular formula is C28H25N3O5. The van der Waals surface area contributed by atoms with Crippen molar-refractivity contribution in [1.29, 1.82) is 0 Å². The Labute approximate surface area is 208 Å². The molecule has 0 aromatic heterocycles.